The van der Waals surface area contributed by atoms with E-state index in [-0.39, 0.29) is 5.92 Å². The second-order valence-corrected chi connectivity index (χ2v) is 5.14. The van der Waals surface area contributed by atoms with Crippen LogP contribution < -0.4 is 5.32 Å². The molecular weight excluding hydrogens is 288 g/mol. The van der Waals surface area contributed by atoms with Crippen molar-refractivity contribution in [3.63, 3.8) is 0 Å². The summed E-state index contributed by atoms with van der Waals surface area (Å²) >= 11 is 3.21. The summed E-state index contributed by atoms with van der Waals surface area (Å²) in [6, 6.07) is 0.744. The predicted molar refractivity (Wildman–Crippen MR) is 66.8 cm³/mol. The zero-order chi connectivity index (χ0) is 13.0. The van der Waals surface area contributed by atoms with Gasteiger partial charge in [0.15, 0.2) is 0 Å². The van der Waals surface area contributed by atoms with Crippen molar-refractivity contribution < 1.29 is 14.7 Å². The van der Waals surface area contributed by atoms with E-state index in [9.17, 15) is 9.59 Å². The predicted octanol–water partition coefficient (Wildman–Crippen LogP) is 2.01. The fourth-order valence-electron chi connectivity index (χ4n) is 1.43. The molecule has 17 heavy (non-hydrogen) atoms. The zero-order valence-corrected chi connectivity index (χ0v) is 11.2. The van der Waals surface area contributed by atoms with Gasteiger partial charge in [-0.1, -0.05) is 13.8 Å². The maximum Gasteiger partial charge on any atom is 0.326 e. The number of carboxylic acids is 1. The molecule has 0 radical (unpaired) electrons. The molecule has 0 saturated heterocycles. The number of carboxylic acid groups (broad SMARTS) is 1. The number of carbonyl (C=O) groups is 2. The van der Waals surface area contributed by atoms with Crippen molar-refractivity contribution in [2.45, 2.75) is 26.3 Å². The van der Waals surface area contributed by atoms with Crippen LogP contribution >= 0.6 is 15.9 Å². The number of carbonyl (C=O) groups excluding carboxylic acids is 1. The van der Waals surface area contributed by atoms with Crippen molar-refractivity contribution >= 4 is 27.8 Å². The van der Waals surface area contributed by atoms with E-state index in [0.29, 0.717) is 12.1 Å². The Labute approximate surface area is 108 Å². The SMILES string of the molecule is CC(C)CC(NC(=O)c1cc(Br)c[nH]1)C(=O)O. The third-order valence-electron chi connectivity index (χ3n) is 2.20. The minimum Gasteiger partial charge on any atom is -0.480 e. The summed E-state index contributed by atoms with van der Waals surface area (Å²) in [5.74, 6) is -1.23. The Balaban J connectivity index is 2.67. The number of hydrogen-bond donors (Lipinski definition) is 3. The summed E-state index contributed by atoms with van der Waals surface area (Å²) in [5, 5.41) is 11.5. The molecule has 0 aliphatic rings. The van der Waals surface area contributed by atoms with Gasteiger partial charge in [-0.25, -0.2) is 4.79 Å². The fourth-order valence-corrected chi connectivity index (χ4v) is 1.77. The van der Waals surface area contributed by atoms with E-state index in [4.69, 9.17) is 5.11 Å². The number of aromatic amines is 1. The summed E-state index contributed by atoms with van der Waals surface area (Å²) in [7, 11) is 0. The maximum atomic E-state index is 11.7. The van der Waals surface area contributed by atoms with E-state index >= 15 is 0 Å². The van der Waals surface area contributed by atoms with Gasteiger partial charge in [-0.2, -0.15) is 0 Å². The second-order valence-electron chi connectivity index (χ2n) is 4.23. The number of aromatic nitrogens is 1. The van der Waals surface area contributed by atoms with E-state index in [1.165, 1.54) is 0 Å². The minimum atomic E-state index is -1.02. The minimum absolute atomic E-state index is 0.201. The smallest absolute Gasteiger partial charge is 0.326 e. The molecule has 1 aromatic heterocycles. The molecule has 1 heterocycles. The largest absolute Gasteiger partial charge is 0.480 e. The van der Waals surface area contributed by atoms with Crippen molar-refractivity contribution in [1.82, 2.24) is 10.3 Å². The molecule has 1 unspecified atom stereocenters. The Morgan fingerprint density at radius 1 is 1.53 bits per heavy atom. The lowest BCUT2D eigenvalue weighted by Crippen LogP contribution is -2.41. The fraction of sp³-hybridized carbons (Fsp3) is 0.455. The summed E-state index contributed by atoms with van der Waals surface area (Å²) in [4.78, 5) is 25.5. The highest BCUT2D eigenvalue weighted by Gasteiger charge is 2.22. The van der Waals surface area contributed by atoms with Crippen LogP contribution in [-0.2, 0) is 4.79 Å². The molecule has 0 aromatic carbocycles. The van der Waals surface area contributed by atoms with Crippen LogP contribution in [0.15, 0.2) is 16.7 Å². The van der Waals surface area contributed by atoms with Gasteiger partial charge in [-0.15, -0.1) is 0 Å². The highest BCUT2D eigenvalue weighted by atomic mass is 79.9. The lowest BCUT2D eigenvalue weighted by Gasteiger charge is -2.15. The summed E-state index contributed by atoms with van der Waals surface area (Å²) in [5.41, 5.74) is 0.340. The quantitative estimate of drug-likeness (QED) is 0.778. The molecule has 0 bridgehead atoms. The first-order valence-corrected chi connectivity index (χ1v) is 6.07. The van der Waals surface area contributed by atoms with Gasteiger partial charge in [-0.05, 0) is 34.3 Å². The molecule has 94 valence electrons. The molecule has 0 fully saturated rings. The first-order chi connectivity index (χ1) is 7.90. The van der Waals surface area contributed by atoms with Gasteiger partial charge in [-0.3, -0.25) is 4.79 Å². The van der Waals surface area contributed by atoms with Crippen LogP contribution in [0.3, 0.4) is 0 Å². The van der Waals surface area contributed by atoms with Crippen LogP contribution in [0.2, 0.25) is 0 Å². The number of aliphatic carboxylic acids is 1. The molecule has 1 aromatic rings. The number of hydrogen-bond acceptors (Lipinski definition) is 2. The molecule has 1 amide bonds. The number of nitrogens with one attached hydrogen (secondary N) is 2. The van der Waals surface area contributed by atoms with Gasteiger partial charge >= 0.3 is 5.97 Å². The van der Waals surface area contributed by atoms with Crippen LogP contribution in [0.4, 0.5) is 0 Å². The lowest BCUT2D eigenvalue weighted by atomic mass is 10.0. The lowest BCUT2D eigenvalue weighted by molar-refractivity contribution is -0.139. The van der Waals surface area contributed by atoms with Crippen molar-refractivity contribution in [1.29, 1.82) is 0 Å². The van der Waals surface area contributed by atoms with E-state index in [0.717, 1.165) is 4.47 Å². The van der Waals surface area contributed by atoms with Crippen molar-refractivity contribution in [3.05, 3.63) is 22.4 Å². The zero-order valence-electron chi connectivity index (χ0n) is 9.66. The van der Waals surface area contributed by atoms with E-state index in [1.54, 1.807) is 12.3 Å². The molecule has 6 heteroatoms. The van der Waals surface area contributed by atoms with Crippen LogP contribution in [0.1, 0.15) is 30.8 Å². The number of amides is 1. The van der Waals surface area contributed by atoms with Crippen molar-refractivity contribution in [3.8, 4) is 0 Å². The average Bonchev–Trinajstić information content (AvgIpc) is 2.63. The monoisotopic (exact) mass is 302 g/mol. The van der Waals surface area contributed by atoms with Gasteiger partial charge in [0.2, 0.25) is 0 Å². The Bertz CT molecular complexity index is 415. The first kappa shape index (κ1) is 13.8. The van der Waals surface area contributed by atoms with Gasteiger partial charge in [0.25, 0.3) is 5.91 Å². The third-order valence-corrected chi connectivity index (χ3v) is 2.66. The standard InChI is InChI=1S/C11H15BrN2O3/c1-6(2)3-9(11(16)17)14-10(15)8-4-7(12)5-13-8/h4-6,9,13H,3H2,1-2H3,(H,14,15)(H,16,17). The van der Waals surface area contributed by atoms with Crippen LogP contribution in [-0.4, -0.2) is 28.0 Å². The van der Waals surface area contributed by atoms with Gasteiger partial charge in [0, 0.05) is 10.7 Å². The summed E-state index contributed by atoms with van der Waals surface area (Å²) in [6.07, 6.45) is 2.02. The molecule has 1 rings (SSSR count). The Kier molecular flexibility index (Phi) is 4.74. The van der Waals surface area contributed by atoms with Crippen molar-refractivity contribution in [2.24, 2.45) is 5.92 Å². The molecular formula is C11H15BrN2O3. The van der Waals surface area contributed by atoms with Crippen LogP contribution in [0.25, 0.3) is 0 Å². The molecule has 3 N–H and O–H groups in total. The molecule has 0 saturated carbocycles. The third kappa shape index (κ3) is 4.22. The van der Waals surface area contributed by atoms with E-state index in [2.05, 4.69) is 26.2 Å². The number of H-pyrrole nitrogens is 1. The normalized spacial score (nSPS) is 12.5. The summed E-state index contributed by atoms with van der Waals surface area (Å²) in [6.45, 7) is 3.82. The van der Waals surface area contributed by atoms with Gasteiger partial charge < -0.3 is 15.4 Å². The van der Waals surface area contributed by atoms with Gasteiger partial charge in [0.1, 0.15) is 11.7 Å². The Morgan fingerprint density at radius 2 is 2.18 bits per heavy atom. The number of rotatable bonds is 5. The average molecular weight is 303 g/mol. The molecule has 0 aliphatic heterocycles. The highest BCUT2D eigenvalue weighted by Crippen LogP contribution is 2.11. The molecule has 1 atom stereocenters. The topological polar surface area (TPSA) is 82.2 Å². The first-order valence-electron chi connectivity index (χ1n) is 5.27. The summed E-state index contributed by atoms with van der Waals surface area (Å²) < 4.78 is 0.749. The second kappa shape index (κ2) is 5.86. The van der Waals surface area contributed by atoms with Crippen LogP contribution in [0.5, 0.6) is 0 Å². The molecule has 0 spiro atoms. The van der Waals surface area contributed by atoms with Crippen LogP contribution in [0, 0.1) is 5.92 Å². The Hall–Kier alpha value is -1.30. The van der Waals surface area contributed by atoms with Gasteiger partial charge in [0.05, 0.1) is 0 Å². The molecule has 5 nitrogen and oxygen atoms in total. The highest BCUT2D eigenvalue weighted by molar-refractivity contribution is 9.10. The maximum absolute atomic E-state index is 11.7. The number of halogens is 1. The molecule has 0 aliphatic carbocycles. The van der Waals surface area contributed by atoms with Crippen molar-refractivity contribution in [2.75, 3.05) is 0 Å². The van der Waals surface area contributed by atoms with E-state index < -0.39 is 17.9 Å². The Morgan fingerprint density at radius 3 is 2.59 bits per heavy atom. The van der Waals surface area contributed by atoms with E-state index in [1.807, 2.05) is 13.8 Å².